The van der Waals surface area contributed by atoms with Crippen LogP contribution in [0.3, 0.4) is 0 Å². The molecule has 0 saturated carbocycles. The van der Waals surface area contributed by atoms with E-state index in [2.05, 4.69) is 0 Å². The minimum Gasteiger partial charge on any atom is -0.394 e. The van der Waals surface area contributed by atoms with Crippen LogP contribution in [0.2, 0.25) is 0 Å². The SMILES string of the molecule is O=C(C1COCCO1)N1CCOC(CO)C1. The first-order valence-electron chi connectivity index (χ1n) is 5.52. The van der Waals surface area contributed by atoms with Gasteiger partial charge in [-0.25, -0.2) is 0 Å². The Kier molecular flexibility index (Phi) is 4.11. The zero-order chi connectivity index (χ0) is 11.4. The molecule has 2 saturated heterocycles. The predicted octanol–water partition coefficient (Wildman–Crippen LogP) is -1.38. The van der Waals surface area contributed by atoms with E-state index < -0.39 is 6.10 Å². The summed E-state index contributed by atoms with van der Waals surface area (Å²) in [6, 6.07) is 0. The molecule has 0 aromatic carbocycles. The number of nitrogens with zero attached hydrogens (tertiary/aromatic N) is 1. The molecule has 0 aromatic rings. The maximum Gasteiger partial charge on any atom is 0.254 e. The number of hydrogen-bond acceptors (Lipinski definition) is 5. The lowest BCUT2D eigenvalue weighted by Gasteiger charge is -2.35. The molecule has 0 radical (unpaired) electrons. The molecule has 0 bridgehead atoms. The fourth-order valence-electron chi connectivity index (χ4n) is 1.86. The van der Waals surface area contributed by atoms with Gasteiger partial charge in [0, 0.05) is 13.1 Å². The van der Waals surface area contributed by atoms with Gasteiger partial charge in [-0.1, -0.05) is 0 Å². The second-order valence-corrected chi connectivity index (χ2v) is 3.89. The van der Waals surface area contributed by atoms with Gasteiger partial charge in [0.1, 0.15) is 0 Å². The number of ether oxygens (including phenoxy) is 3. The summed E-state index contributed by atoms with van der Waals surface area (Å²) >= 11 is 0. The summed E-state index contributed by atoms with van der Waals surface area (Å²) in [5, 5.41) is 8.98. The Labute approximate surface area is 94.1 Å². The Balaban J connectivity index is 1.87. The quantitative estimate of drug-likeness (QED) is 0.634. The Morgan fingerprint density at radius 1 is 1.31 bits per heavy atom. The van der Waals surface area contributed by atoms with Crippen molar-refractivity contribution in [1.82, 2.24) is 4.90 Å². The molecule has 2 atom stereocenters. The van der Waals surface area contributed by atoms with Crippen molar-refractivity contribution in [1.29, 1.82) is 0 Å². The van der Waals surface area contributed by atoms with Crippen molar-refractivity contribution >= 4 is 5.91 Å². The van der Waals surface area contributed by atoms with Gasteiger partial charge in [-0.15, -0.1) is 0 Å². The van der Waals surface area contributed by atoms with Crippen molar-refractivity contribution in [3.05, 3.63) is 0 Å². The van der Waals surface area contributed by atoms with Gasteiger partial charge >= 0.3 is 0 Å². The van der Waals surface area contributed by atoms with Crippen LogP contribution in [0.5, 0.6) is 0 Å². The lowest BCUT2D eigenvalue weighted by Crippen LogP contribution is -2.52. The first-order chi connectivity index (χ1) is 7.81. The van der Waals surface area contributed by atoms with E-state index in [0.717, 1.165) is 0 Å². The smallest absolute Gasteiger partial charge is 0.254 e. The molecule has 2 heterocycles. The van der Waals surface area contributed by atoms with Gasteiger partial charge in [0.15, 0.2) is 6.10 Å². The topological polar surface area (TPSA) is 68.2 Å². The molecule has 1 amide bonds. The summed E-state index contributed by atoms with van der Waals surface area (Å²) in [6.45, 7) is 2.71. The van der Waals surface area contributed by atoms with Gasteiger partial charge in [-0.2, -0.15) is 0 Å². The molecule has 0 aliphatic carbocycles. The van der Waals surface area contributed by atoms with E-state index in [1.165, 1.54) is 0 Å². The van der Waals surface area contributed by atoms with Crippen LogP contribution in [0.4, 0.5) is 0 Å². The number of morpholine rings is 1. The number of amides is 1. The highest BCUT2D eigenvalue weighted by Gasteiger charge is 2.31. The fraction of sp³-hybridized carbons (Fsp3) is 0.900. The largest absolute Gasteiger partial charge is 0.394 e. The monoisotopic (exact) mass is 231 g/mol. The van der Waals surface area contributed by atoms with Gasteiger partial charge in [0.05, 0.1) is 39.1 Å². The van der Waals surface area contributed by atoms with E-state index in [9.17, 15) is 4.79 Å². The van der Waals surface area contributed by atoms with Crippen LogP contribution in [-0.2, 0) is 19.0 Å². The van der Waals surface area contributed by atoms with Gasteiger partial charge in [-0.3, -0.25) is 4.79 Å². The molecule has 6 heteroatoms. The normalized spacial score (nSPS) is 31.4. The first kappa shape index (κ1) is 11.8. The summed E-state index contributed by atoms with van der Waals surface area (Å²) in [4.78, 5) is 13.7. The summed E-state index contributed by atoms with van der Waals surface area (Å²) in [5.74, 6) is -0.0681. The lowest BCUT2D eigenvalue weighted by atomic mass is 10.2. The van der Waals surface area contributed by atoms with Crippen LogP contribution in [0.25, 0.3) is 0 Å². The summed E-state index contributed by atoms with van der Waals surface area (Å²) in [7, 11) is 0. The Bertz CT molecular complexity index is 241. The van der Waals surface area contributed by atoms with E-state index in [4.69, 9.17) is 19.3 Å². The molecule has 2 rings (SSSR count). The Morgan fingerprint density at radius 2 is 2.19 bits per heavy atom. The number of aliphatic hydroxyl groups is 1. The third-order valence-corrected chi connectivity index (χ3v) is 2.75. The van der Waals surface area contributed by atoms with Crippen LogP contribution in [0, 0.1) is 0 Å². The maximum absolute atomic E-state index is 12.0. The predicted molar refractivity (Wildman–Crippen MR) is 54.0 cm³/mol. The molecule has 2 unspecified atom stereocenters. The highest BCUT2D eigenvalue weighted by molar-refractivity contribution is 5.81. The van der Waals surface area contributed by atoms with Crippen molar-refractivity contribution in [2.75, 3.05) is 46.1 Å². The van der Waals surface area contributed by atoms with Gasteiger partial charge in [0.25, 0.3) is 5.91 Å². The van der Waals surface area contributed by atoms with Crippen LogP contribution in [-0.4, -0.2) is 74.2 Å². The minimum atomic E-state index is -0.494. The molecule has 1 N–H and O–H groups in total. The summed E-state index contributed by atoms with van der Waals surface area (Å²) in [6.07, 6.45) is -0.770. The average Bonchev–Trinajstić information content (AvgIpc) is 2.39. The molecule has 92 valence electrons. The van der Waals surface area contributed by atoms with Crippen molar-refractivity contribution in [3.63, 3.8) is 0 Å². The number of carbonyl (C=O) groups is 1. The van der Waals surface area contributed by atoms with E-state index >= 15 is 0 Å². The van der Waals surface area contributed by atoms with Crippen LogP contribution in [0.1, 0.15) is 0 Å². The molecule has 0 spiro atoms. The average molecular weight is 231 g/mol. The summed E-state index contributed by atoms with van der Waals surface area (Å²) in [5.41, 5.74) is 0. The van der Waals surface area contributed by atoms with E-state index in [-0.39, 0.29) is 18.6 Å². The van der Waals surface area contributed by atoms with Crippen LogP contribution < -0.4 is 0 Å². The highest BCUT2D eigenvalue weighted by atomic mass is 16.6. The lowest BCUT2D eigenvalue weighted by molar-refractivity contribution is -0.165. The highest BCUT2D eigenvalue weighted by Crippen LogP contribution is 2.10. The maximum atomic E-state index is 12.0. The van der Waals surface area contributed by atoms with Gasteiger partial charge in [0.2, 0.25) is 0 Å². The van der Waals surface area contributed by atoms with E-state index in [1.807, 2.05) is 0 Å². The standard InChI is InChI=1S/C10H17NO5/c12-6-8-5-11(1-2-15-8)10(13)9-7-14-3-4-16-9/h8-9,12H,1-7H2. The molecule has 2 fully saturated rings. The zero-order valence-electron chi connectivity index (χ0n) is 9.13. The number of aliphatic hydroxyl groups excluding tert-OH is 1. The molecule has 6 nitrogen and oxygen atoms in total. The minimum absolute atomic E-state index is 0.0637. The van der Waals surface area contributed by atoms with Gasteiger partial charge in [-0.05, 0) is 0 Å². The molecular formula is C10H17NO5. The molecule has 2 aliphatic heterocycles. The number of rotatable bonds is 2. The Hall–Kier alpha value is -0.690. The Morgan fingerprint density at radius 3 is 2.88 bits per heavy atom. The van der Waals surface area contributed by atoms with Crippen molar-refractivity contribution in [2.45, 2.75) is 12.2 Å². The number of hydrogen-bond donors (Lipinski definition) is 1. The third-order valence-electron chi connectivity index (χ3n) is 2.75. The first-order valence-corrected chi connectivity index (χ1v) is 5.52. The van der Waals surface area contributed by atoms with Gasteiger partial charge < -0.3 is 24.2 Å². The van der Waals surface area contributed by atoms with Crippen LogP contribution >= 0.6 is 0 Å². The second-order valence-electron chi connectivity index (χ2n) is 3.89. The van der Waals surface area contributed by atoms with Crippen molar-refractivity contribution in [2.24, 2.45) is 0 Å². The molecule has 2 aliphatic rings. The zero-order valence-corrected chi connectivity index (χ0v) is 9.13. The molecular weight excluding hydrogens is 214 g/mol. The molecule has 0 aromatic heterocycles. The molecule has 16 heavy (non-hydrogen) atoms. The van der Waals surface area contributed by atoms with E-state index in [0.29, 0.717) is 39.5 Å². The van der Waals surface area contributed by atoms with Crippen LogP contribution in [0.15, 0.2) is 0 Å². The fourth-order valence-corrected chi connectivity index (χ4v) is 1.86. The number of carbonyl (C=O) groups excluding carboxylic acids is 1. The van der Waals surface area contributed by atoms with Crippen molar-refractivity contribution < 1.29 is 24.1 Å². The van der Waals surface area contributed by atoms with E-state index in [1.54, 1.807) is 4.90 Å². The van der Waals surface area contributed by atoms with Crippen molar-refractivity contribution in [3.8, 4) is 0 Å². The second kappa shape index (κ2) is 5.58. The third kappa shape index (κ3) is 2.70. The summed E-state index contributed by atoms with van der Waals surface area (Å²) < 4.78 is 15.8.